The van der Waals surface area contributed by atoms with Crippen molar-refractivity contribution in [2.24, 2.45) is 0 Å². The van der Waals surface area contributed by atoms with Crippen LogP contribution in [0.15, 0.2) is 47.6 Å². The molecule has 1 aliphatic heterocycles. The fourth-order valence-electron chi connectivity index (χ4n) is 2.53. The van der Waals surface area contributed by atoms with Crippen LogP contribution < -0.4 is 4.90 Å². The van der Waals surface area contributed by atoms with Crippen LogP contribution in [0.1, 0.15) is 0 Å². The molecule has 0 amide bonds. The number of piperazine rings is 1. The molecule has 0 bridgehead atoms. The Morgan fingerprint density at radius 3 is 2.17 bits per heavy atom. The summed E-state index contributed by atoms with van der Waals surface area (Å²) in [5.41, 5.74) is 1.05. The van der Waals surface area contributed by atoms with Crippen molar-refractivity contribution in [2.75, 3.05) is 31.1 Å². The zero-order valence-corrected chi connectivity index (χ0v) is 14.5. The number of sulfonamides is 1. The molecule has 3 rings (SSSR count). The molecule has 1 fully saturated rings. The third kappa shape index (κ3) is 3.45. The van der Waals surface area contributed by atoms with Gasteiger partial charge in [-0.3, -0.25) is 4.98 Å². The summed E-state index contributed by atoms with van der Waals surface area (Å²) in [5.74, 6) is 0. The molecule has 0 saturated carbocycles. The van der Waals surface area contributed by atoms with Gasteiger partial charge in [0.2, 0.25) is 10.0 Å². The minimum atomic E-state index is -3.56. The van der Waals surface area contributed by atoms with Gasteiger partial charge < -0.3 is 4.90 Å². The summed E-state index contributed by atoms with van der Waals surface area (Å²) in [6.07, 6.45) is 3.46. The van der Waals surface area contributed by atoms with Gasteiger partial charge in [-0.2, -0.15) is 4.31 Å². The molecule has 0 N–H and O–H groups in total. The first-order valence-electron chi connectivity index (χ1n) is 7.08. The fourth-order valence-corrected chi connectivity index (χ4v) is 4.34. The first-order valence-corrected chi connectivity index (χ1v) is 9.28. The van der Waals surface area contributed by atoms with Gasteiger partial charge >= 0.3 is 0 Å². The number of halogens is 2. The van der Waals surface area contributed by atoms with Crippen molar-refractivity contribution in [3.05, 3.63) is 52.8 Å². The summed E-state index contributed by atoms with van der Waals surface area (Å²) in [7, 11) is -3.56. The highest BCUT2D eigenvalue weighted by Gasteiger charge is 2.28. The van der Waals surface area contributed by atoms with Gasteiger partial charge in [-0.25, -0.2) is 8.42 Å². The van der Waals surface area contributed by atoms with E-state index in [1.54, 1.807) is 12.4 Å². The van der Waals surface area contributed by atoms with E-state index in [-0.39, 0.29) is 9.92 Å². The molecule has 122 valence electrons. The maximum Gasteiger partial charge on any atom is 0.243 e. The van der Waals surface area contributed by atoms with Crippen LogP contribution >= 0.6 is 23.2 Å². The Kier molecular flexibility index (Phi) is 4.77. The van der Waals surface area contributed by atoms with Gasteiger partial charge in [0.05, 0.1) is 14.9 Å². The molecule has 0 radical (unpaired) electrons. The molecule has 1 aliphatic rings. The predicted octanol–water partition coefficient (Wildman–Crippen LogP) is 2.90. The Bertz CT molecular complexity index is 792. The van der Waals surface area contributed by atoms with E-state index in [0.717, 1.165) is 5.69 Å². The van der Waals surface area contributed by atoms with E-state index in [4.69, 9.17) is 23.2 Å². The Labute approximate surface area is 145 Å². The normalized spacial score (nSPS) is 16.5. The molecule has 0 aliphatic carbocycles. The number of hydrogen-bond acceptors (Lipinski definition) is 4. The molecule has 1 saturated heterocycles. The van der Waals surface area contributed by atoms with Crippen LogP contribution in [0.2, 0.25) is 10.0 Å². The lowest BCUT2D eigenvalue weighted by molar-refractivity contribution is 0.385. The first-order chi connectivity index (χ1) is 11.0. The molecule has 2 heterocycles. The molecule has 23 heavy (non-hydrogen) atoms. The number of aromatic nitrogens is 1. The van der Waals surface area contributed by atoms with Gasteiger partial charge in [-0.1, -0.05) is 23.2 Å². The van der Waals surface area contributed by atoms with Gasteiger partial charge in [0, 0.05) is 44.3 Å². The second kappa shape index (κ2) is 6.65. The highest BCUT2D eigenvalue weighted by atomic mass is 35.5. The van der Waals surface area contributed by atoms with Crippen molar-refractivity contribution in [2.45, 2.75) is 4.90 Å². The zero-order valence-electron chi connectivity index (χ0n) is 12.2. The van der Waals surface area contributed by atoms with Crippen LogP contribution in [0.25, 0.3) is 0 Å². The van der Waals surface area contributed by atoms with Crippen molar-refractivity contribution in [1.29, 1.82) is 0 Å². The van der Waals surface area contributed by atoms with Gasteiger partial charge in [-0.05, 0) is 30.3 Å². The third-order valence-electron chi connectivity index (χ3n) is 3.80. The molecule has 8 heteroatoms. The lowest BCUT2D eigenvalue weighted by Crippen LogP contribution is -2.48. The number of anilines is 1. The lowest BCUT2D eigenvalue weighted by atomic mass is 10.3. The molecule has 0 atom stereocenters. The monoisotopic (exact) mass is 371 g/mol. The van der Waals surface area contributed by atoms with E-state index < -0.39 is 10.0 Å². The Balaban J connectivity index is 1.75. The SMILES string of the molecule is O=S(=O)(c1ccc(Cl)c(Cl)c1)N1CCN(c2ccncc2)CC1. The minimum absolute atomic E-state index is 0.171. The largest absolute Gasteiger partial charge is 0.369 e. The summed E-state index contributed by atoms with van der Waals surface area (Å²) < 4.78 is 26.9. The van der Waals surface area contributed by atoms with E-state index in [9.17, 15) is 8.42 Å². The van der Waals surface area contributed by atoms with Crippen molar-refractivity contribution >= 4 is 38.9 Å². The number of benzene rings is 1. The average Bonchev–Trinajstić information content (AvgIpc) is 2.58. The predicted molar refractivity (Wildman–Crippen MR) is 91.7 cm³/mol. The summed E-state index contributed by atoms with van der Waals surface area (Å²) in [6.45, 7) is 2.10. The van der Waals surface area contributed by atoms with Crippen LogP contribution in [0, 0.1) is 0 Å². The van der Waals surface area contributed by atoms with Gasteiger partial charge in [0.15, 0.2) is 0 Å². The first kappa shape index (κ1) is 16.5. The number of rotatable bonds is 3. The second-order valence-corrected chi connectivity index (χ2v) is 7.92. The molecule has 2 aromatic rings. The minimum Gasteiger partial charge on any atom is -0.369 e. The van der Waals surface area contributed by atoms with E-state index in [0.29, 0.717) is 31.2 Å². The van der Waals surface area contributed by atoms with E-state index >= 15 is 0 Å². The summed E-state index contributed by atoms with van der Waals surface area (Å²) >= 11 is 11.8. The number of pyridine rings is 1. The summed E-state index contributed by atoms with van der Waals surface area (Å²) in [5, 5.41) is 0.580. The summed E-state index contributed by atoms with van der Waals surface area (Å²) in [6, 6.07) is 8.23. The van der Waals surface area contributed by atoms with Crippen molar-refractivity contribution in [3.63, 3.8) is 0 Å². The maximum atomic E-state index is 12.7. The lowest BCUT2D eigenvalue weighted by Gasteiger charge is -2.35. The van der Waals surface area contributed by atoms with E-state index in [1.807, 2.05) is 12.1 Å². The van der Waals surface area contributed by atoms with Crippen LogP contribution in [-0.2, 0) is 10.0 Å². The topological polar surface area (TPSA) is 53.5 Å². The second-order valence-electron chi connectivity index (χ2n) is 5.17. The van der Waals surface area contributed by atoms with Crippen molar-refractivity contribution in [1.82, 2.24) is 9.29 Å². The Morgan fingerprint density at radius 1 is 0.913 bits per heavy atom. The highest BCUT2D eigenvalue weighted by molar-refractivity contribution is 7.89. The van der Waals surface area contributed by atoms with E-state index in [1.165, 1.54) is 22.5 Å². The van der Waals surface area contributed by atoms with Gasteiger partial charge in [0.1, 0.15) is 0 Å². The Morgan fingerprint density at radius 2 is 1.57 bits per heavy atom. The van der Waals surface area contributed by atoms with Crippen LogP contribution in [0.4, 0.5) is 5.69 Å². The smallest absolute Gasteiger partial charge is 0.243 e. The Hall–Kier alpha value is -1.34. The molecule has 5 nitrogen and oxygen atoms in total. The van der Waals surface area contributed by atoms with Crippen LogP contribution in [0.5, 0.6) is 0 Å². The third-order valence-corrected chi connectivity index (χ3v) is 6.43. The van der Waals surface area contributed by atoms with Gasteiger partial charge in [-0.15, -0.1) is 0 Å². The molecule has 0 unspecified atom stereocenters. The number of nitrogens with zero attached hydrogens (tertiary/aromatic N) is 3. The van der Waals surface area contributed by atoms with Crippen molar-refractivity contribution < 1.29 is 8.42 Å². The molecule has 0 spiro atoms. The average molecular weight is 372 g/mol. The maximum absolute atomic E-state index is 12.7. The number of hydrogen-bond donors (Lipinski definition) is 0. The quantitative estimate of drug-likeness (QED) is 0.832. The molecule has 1 aromatic carbocycles. The molecular formula is C15H15Cl2N3O2S. The summed E-state index contributed by atoms with van der Waals surface area (Å²) in [4.78, 5) is 6.31. The standard InChI is InChI=1S/C15H15Cl2N3O2S/c16-14-2-1-13(11-15(14)17)23(21,22)20-9-7-19(8-10-20)12-3-5-18-6-4-12/h1-6,11H,7-10H2. The van der Waals surface area contributed by atoms with Crippen molar-refractivity contribution in [3.8, 4) is 0 Å². The highest BCUT2D eigenvalue weighted by Crippen LogP contribution is 2.27. The molecule has 1 aromatic heterocycles. The van der Waals surface area contributed by atoms with E-state index in [2.05, 4.69) is 9.88 Å². The van der Waals surface area contributed by atoms with Crippen LogP contribution in [-0.4, -0.2) is 43.9 Å². The molecular weight excluding hydrogens is 357 g/mol. The fraction of sp³-hybridized carbons (Fsp3) is 0.267. The van der Waals surface area contributed by atoms with Crippen LogP contribution in [0.3, 0.4) is 0 Å². The van der Waals surface area contributed by atoms with Gasteiger partial charge in [0.25, 0.3) is 0 Å². The zero-order chi connectivity index (χ0) is 16.4.